The first-order chi connectivity index (χ1) is 14.4. The molecule has 0 bridgehead atoms. The number of imidazole rings is 1. The standard InChI is InChI=1S/C22H29N5O2S/c1-4-23-22(25-15-18-10-11-21(17(2)14-18)30(3,28)29)24-12-7-13-27-16-26-19-8-5-6-9-20(19)27/h5-6,8-11,14,16H,4,7,12-13,15H2,1-3H3,(H2,23,24,25). The smallest absolute Gasteiger partial charge is 0.191 e. The van der Waals surface area contributed by atoms with Gasteiger partial charge in [0.25, 0.3) is 0 Å². The molecule has 0 fully saturated rings. The first kappa shape index (κ1) is 21.8. The largest absolute Gasteiger partial charge is 0.357 e. The van der Waals surface area contributed by atoms with E-state index in [0.29, 0.717) is 11.4 Å². The second kappa shape index (κ2) is 9.75. The van der Waals surface area contributed by atoms with Gasteiger partial charge in [-0.1, -0.05) is 24.3 Å². The number of sulfone groups is 1. The van der Waals surface area contributed by atoms with Crippen LogP contribution in [0.3, 0.4) is 0 Å². The lowest BCUT2D eigenvalue weighted by Gasteiger charge is -2.12. The van der Waals surface area contributed by atoms with Gasteiger partial charge in [0, 0.05) is 25.9 Å². The molecule has 7 nitrogen and oxygen atoms in total. The van der Waals surface area contributed by atoms with E-state index in [2.05, 4.69) is 31.2 Å². The quantitative estimate of drug-likeness (QED) is 0.328. The number of para-hydroxylation sites is 2. The Bertz CT molecular complexity index is 1140. The number of rotatable bonds is 8. The Morgan fingerprint density at radius 1 is 1.17 bits per heavy atom. The average molecular weight is 428 g/mol. The highest BCUT2D eigenvalue weighted by Crippen LogP contribution is 2.17. The van der Waals surface area contributed by atoms with Gasteiger partial charge >= 0.3 is 0 Å². The highest BCUT2D eigenvalue weighted by molar-refractivity contribution is 7.90. The summed E-state index contributed by atoms with van der Waals surface area (Å²) in [5.74, 6) is 0.748. The van der Waals surface area contributed by atoms with Gasteiger partial charge in [-0.05, 0) is 49.6 Å². The van der Waals surface area contributed by atoms with Gasteiger partial charge in [-0.15, -0.1) is 0 Å². The molecule has 0 amide bonds. The number of nitrogens with one attached hydrogen (secondary N) is 2. The van der Waals surface area contributed by atoms with E-state index in [1.165, 1.54) is 6.26 Å². The number of aliphatic imine (C=N–C) groups is 1. The predicted octanol–water partition coefficient (Wildman–Crippen LogP) is 2.89. The second-order valence-corrected chi connectivity index (χ2v) is 9.26. The summed E-state index contributed by atoms with van der Waals surface area (Å²) in [4.78, 5) is 9.42. The highest BCUT2D eigenvalue weighted by Gasteiger charge is 2.10. The zero-order valence-electron chi connectivity index (χ0n) is 17.7. The summed E-state index contributed by atoms with van der Waals surface area (Å²) in [6, 6.07) is 13.5. The van der Waals surface area contributed by atoms with E-state index in [0.717, 1.165) is 54.2 Å². The number of hydrogen-bond donors (Lipinski definition) is 2. The third-order valence-corrected chi connectivity index (χ3v) is 6.06. The number of hydrogen-bond acceptors (Lipinski definition) is 4. The molecule has 30 heavy (non-hydrogen) atoms. The van der Waals surface area contributed by atoms with E-state index < -0.39 is 9.84 Å². The van der Waals surface area contributed by atoms with Crippen LogP contribution in [0.5, 0.6) is 0 Å². The van der Waals surface area contributed by atoms with Crippen molar-refractivity contribution in [1.29, 1.82) is 0 Å². The number of nitrogens with zero attached hydrogens (tertiary/aromatic N) is 3. The zero-order chi connectivity index (χ0) is 21.6. The molecule has 3 aromatic rings. The summed E-state index contributed by atoms with van der Waals surface area (Å²) >= 11 is 0. The first-order valence-corrected chi connectivity index (χ1v) is 12.0. The molecular formula is C22H29N5O2S. The fourth-order valence-electron chi connectivity index (χ4n) is 3.38. The molecule has 0 aliphatic heterocycles. The maximum atomic E-state index is 11.8. The van der Waals surface area contributed by atoms with Crippen LogP contribution in [0.2, 0.25) is 0 Å². The molecule has 0 aliphatic carbocycles. The first-order valence-electron chi connectivity index (χ1n) is 10.1. The lowest BCUT2D eigenvalue weighted by atomic mass is 10.1. The summed E-state index contributed by atoms with van der Waals surface area (Å²) in [7, 11) is -3.20. The molecule has 2 aromatic carbocycles. The molecule has 0 spiro atoms. The van der Waals surface area contributed by atoms with Crippen molar-refractivity contribution in [2.24, 2.45) is 4.99 Å². The topological polar surface area (TPSA) is 88.4 Å². The third kappa shape index (κ3) is 5.60. The molecule has 160 valence electrons. The van der Waals surface area contributed by atoms with E-state index in [9.17, 15) is 8.42 Å². The monoisotopic (exact) mass is 427 g/mol. The SMILES string of the molecule is CCNC(=NCc1ccc(S(C)(=O)=O)c(C)c1)NCCCn1cnc2ccccc21. The second-order valence-electron chi connectivity index (χ2n) is 7.27. The van der Waals surface area contributed by atoms with Crippen molar-refractivity contribution in [3.8, 4) is 0 Å². The van der Waals surface area contributed by atoms with Crippen molar-refractivity contribution < 1.29 is 8.42 Å². The Kier molecular flexibility index (Phi) is 7.10. The van der Waals surface area contributed by atoms with E-state index in [1.54, 1.807) is 6.07 Å². The van der Waals surface area contributed by atoms with Crippen molar-refractivity contribution in [1.82, 2.24) is 20.2 Å². The summed E-state index contributed by atoms with van der Waals surface area (Å²) < 4.78 is 25.7. The number of guanidine groups is 1. The molecule has 0 saturated carbocycles. The van der Waals surface area contributed by atoms with E-state index in [1.807, 2.05) is 50.5 Å². The fourth-order valence-corrected chi connectivity index (χ4v) is 4.34. The Balaban J connectivity index is 1.56. The summed E-state index contributed by atoms with van der Waals surface area (Å²) in [5, 5.41) is 6.61. The van der Waals surface area contributed by atoms with E-state index in [-0.39, 0.29) is 0 Å². The minimum absolute atomic E-state index is 0.368. The van der Waals surface area contributed by atoms with Crippen LogP contribution in [0.4, 0.5) is 0 Å². The maximum absolute atomic E-state index is 11.8. The minimum Gasteiger partial charge on any atom is -0.357 e. The van der Waals surface area contributed by atoms with Gasteiger partial charge in [0.05, 0.1) is 28.8 Å². The molecule has 0 radical (unpaired) electrons. The van der Waals surface area contributed by atoms with Crippen molar-refractivity contribution in [3.63, 3.8) is 0 Å². The van der Waals surface area contributed by atoms with Crippen molar-refractivity contribution >= 4 is 26.8 Å². The fraction of sp³-hybridized carbons (Fsp3) is 0.364. The molecule has 2 N–H and O–H groups in total. The lowest BCUT2D eigenvalue weighted by Crippen LogP contribution is -2.38. The van der Waals surface area contributed by atoms with Gasteiger partial charge in [0.2, 0.25) is 0 Å². The predicted molar refractivity (Wildman–Crippen MR) is 121 cm³/mol. The van der Waals surface area contributed by atoms with Crippen LogP contribution in [-0.2, 0) is 22.9 Å². The number of fused-ring (bicyclic) bond motifs is 1. The number of aryl methyl sites for hydroxylation is 2. The zero-order valence-corrected chi connectivity index (χ0v) is 18.5. The van der Waals surface area contributed by atoms with Crippen molar-refractivity contribution in [3.05, 3.63) is 59.9 Å². The van der Waals surface area contributed by atoms with Crippen LogP contribution < -0.4 is 10.6 Å². The van der Waals surface area contributed by atoms with Gasteiger partial charge in [-0.3, -0.25) is 0 Å². The Hall–Kier alpha value is -2.87. The summed E-state index contributed by atoms with van der Waals surface area (Å²) in [6.45, 7) is 6.74. The van der Waals surface area contributed by atoms with Gasteiger partial charge in [0.15, 0.2) is 15.8 Å². The third-order valence-electron chi connectivity index (χ3n) is 4.80. The molecule has 0 unspecified atom stereocenters. The highest BCUT2D eigenvalue weighted by atomic mass is 32.2. The maximum Gasteiger partial charge on any atom is 0.191 e. The number of aromatic nitrogens is 2. The van der Waals surface area contributed by atoms with E-state index >= 15 is 0 Å². The van der Waals surface area contributed by atoms with Crippen LogP contribution in [0.15, 0.2) is 58.7 Å². The van der Waals surface area contributed by atoms with Crippen LogP contribution in [0.25, 0.3) is 11.0 Å². The Morgan fingerprint density at radius 2 is 1.97 bits per heavy atom. The Morgan fingerprint density at radius 3 is 2.70 bits per heavy atom. The molecule has 3 rings (SSSR count). The molecule has 0 atom stereocenters. The van der Waals surface area contributed by atoms with Crippen molar-refractivity contribution in [2.75, 3.05) is 19.3 Å². The van der Waals surface area contributed by atoms with Crippen molar-refractivity contribution in [2.45, 2.75) is 38.3 Å². The summed E-state index contributed by atoms with van der Waals surface area (Å²) in [5.41, 5.74) is 3.88. The molecule has 0 saturated heterocycles. The molecule has 1 heterocycles. The van der Waals surface area contributed by atoms with Crippen LogP contribution >= 0.6 is 0 Å². The van der Waals surface area contributed by atoms with Crippen LogP contribution in [0.1, 0.15) is 24.5 Å². The Labute approximate surface area is 178 Å². The summed E-state index contributed by atoms with van der Waals surface area (Å²) in [6.07, 6.45) is 4.05. The van der Waals surface area contributed by atoms with Gasteiger partial charge < -0.3 is 15.2 Å². The lowest BCUT2D eigenvalue weighted by molar-refractivity contribution is 0.601. The van der Waals surface area contributed by atoms with Gasteiger partial charge in [0.1, 0.15) is 0 Å². The van der Waals surface area contributed by atoms with Crippen LogP contribution in [0, 0.1) is 6.92 Å². The molecular weight excluding hydrogens is 398 g/mol. The molecule has 0 aliphatic rings. The van der Waals surface area contributed by atoms with E-state index in [4.69, 9.17) is 0 Å². The number of benzene rings is 2. The van der Waals surface area contributed by atoms with Crippen LogP contribution in [-0.4, -0.2) is 43.3 Å². The minimum atomic E-state index is -3.20. The van der Waals surface area contributed by atoms with Gasteiger partial charge in [-0.25, -0.2) is 18.4 Å². The van der Waals surface area contributed by atoms with Gasteiger partial charge in [-0.2, -0.15) is 0 Å². The normalized spacial score (nSPS) is 12.3. The molecule has 8 heteroatoms. The average Bonchev–Trinajstić information content (AvgIpc) is 3.11. The molecule has 1 aromatic heterocycles.